The minimum atomic E-state index is -0.231. The summed E-state index contributed by atoms with van der Waals surface area (Å²) < 4.78 is 0. The van der Waals surface area contributed by atoms with E-state index < -0.39 is 0 Å². The molecule has 1 aliphatic heterocycles. The number of fused-ring (bicyclic) bond motifs is 1. The third-order valence-electron chi connectivity index (χ3n) is 5.01. The molecule has 1 heterocycles. The zero-order chi connectivity index (χ0) is 20.4. The summed E-state index contributed by atoms with van der Waals surface area (Å²) in [7, 11) is 0. The third-order valence-corrected chi connectivity index (χ3v) is 5.01. The molecular weight excluding hydrogens is 398 g/mol. The second kappa shape index (κ2) is 8.84. The summed E-state index contributed by atoms with van der Waals surface area (Å²) in [6.07, 6.45) is 0. The molecular formula is C24H22ClN3O2. The van der Waals surface area contributed by atoms with Crippen LogP contribution in [0.1, 0.15) is 31.8 Å². The molecule has 5 nitrogen and oxygen atoms in total. The van der Waals surface area contributed by atoms with E-state index in [9.17, 15) is 9.59 Å². The Hall–Kier alpha value is -3.57. The van der Waals surface area contributed by atoms with Crippen molar-refractivity contribution in [1.29, 1.82) is 0 Å². The lowest BCUT2D eigenvalue weighted by molar-refractivity contribution is 0.0757. The maximum absolute atomic E-state index is 12.8. The van der Waals surface area contributed by atoms with E-state index in [4.69, 9.17) is 5.73 Å². The van der Waals surface area contributed by atoms with E-state index in [-0.39, 0.29) is 24.2 Å². The van der Waals surface area contributed by atoms with E-state index in [0.717, 1.165) is 16.7 Å². The molecule has 0 fully saturated rings. The quantitative estimate of drug-likeness (QED) is 0.606. The SMILES string of the molecule is C=C1CN(Cc2ccc(C(=O)Nc3ccccc3N)cc2)C(=O)c2ccccc21.Cl. The molecule has 0 aromatic heterocycles. The first-order valence-electron chi connectivity index (χ1n) is 9.34. The average molecular weight is 420 g/mol. The van der Waals surface area contributed by atoms with Crippen LogP contribution in [0.15, 0.2) is 79.4 Å². The van der Waals surface area contributed by atoms with Crippen LogP contribution in [0.5, 0.6) is 0 Å². The molecule has 0 bridgehead atoms. The highest BCUT2D eigenvalue weighted by Crippen LogP contribution is 2.27. The van der Waals surface area contributed by atoms with Crippen LogP contribution in [0.3, 0.4) is 0 Å². The van der Waals surface area contributed by atoms with Crippen molar-refractivity contribution < 1.29 is 9.59 Å². The highest BCUT2D eigenvalue weighted by Gasteiger charge is 2.26. The molecule has 30 heavy (non-hydrogen) atoms. The van der Waals surface area contributed by atoms with Crippen molar-refractivity contribution in [3.05, 3.63) is 102 Å². The summed E-state index contributed by atoms with van der Waals surface area (Å²) in [6, 6.07) is 21.9. The van der Waals surface area contributed by atoms with E-state index in [0.29, 0.717) is 35.6 Å². The summed E-state index contributed by atoms with van der Waals surface area (Å²) >= 11 is 0. The maximum atomic E-state index is 12.8. The predicted octanol–water partition coefficient (Wildman–Crippen LogP) is 4.61. The lowest BCUT2D eigenvalue weighted by Gasteiger charge is -2.30. The van der Waals surface area contributed by atoms with E-state index in [1.807, 2.05) is 48.5 Å². The molecule has 152 valence electrons. The van der Waals surface area contributed by atoms with Crippen molar-refractivity contribution in [2.45, 2.75) is 6.54 Å². The lowest BCUT2D eigenvalue weighted by Crippen LogP contribution is -2.36. The summed E-state index contributed by atoms with van der Waals surface area (Å²) in [6.45, 7) is 5.06. The zero-order valence-corrected chi connectivity index (χ0v) is 17.1. The first-order valence-corrected chi connectivity index (χ1v) is 9.34. The molecule has 0 saturated carbocycles. The Bertz CT molecular complexity index is 1110. The van der Waals surface area contributed by atoms with E-state index in [2.05, 4.69) is 11.9 Å². The minimum absolute atomic E-state index is 0. The number of nitrogens with two attached hydrogens (primary N) is 1. The van der Waals surface area contributed by atoms with Crippen LogP contribution in [-0.4, -0.2) is 23.3 Å². The molecule has 0 radical (unpaired) electrons. The Morgan fingerprint density at radius 1 is 0.967 bits per heavy atom. The largest absolute Gasteiger partial charge is 0.397 e. The number of nitrogens with zero attached hydrogens (tertiary/aromatic N) is 1. The second-order valence-electron chi connectivity index (χ2n) is 7.05. The number of benzene rings is 3. The topological polar surface area (TPSA) is 75.4 Å². The Kier molecular flexibility index (Phi) is 6.23. The number of carbonyl (C=O) groups is 2. The number of halogens is 1. The van der Waals surface area contributed by atoms with Crippen molar-refractivity contribution in [3.63, 3.8) is 0 Å². The predicted molar refractivity (Wildman–Crippen MR) is 123 cm³/mol. The Balaban J connectivity index is 0.00000256. The van der Waals surface area contributed by atoms with Crippen molar-refractivity contribution in [3.8, 4) is 0 Å². The van der Waals surface area contributed by atoms with Crippen LogP contribution in [0.2, 0.25) is 0 Å². The normalized spacial score (nSPS) is 12.7. The molecule has 3 aromatic rings. The van der Waals surface area contributed by atoms with Gasteiger partial charge in [-0.25, -0.2) is 0 Å². The van der Waals surface area contributed by atoms with Crippen LogP contribution < -0.4 is 11.1 Å². The van der Waals surface area contributed by atoms with Gasteiger partial charge in [-0.3, -0.25) is 9.59 Å². The van der Waals surface area contributed by atoms with Crippen molar-refractivity contribution >= 4 is 41.2 Å². The Morgan fingerprint density at radius 3 is 2.30 bits per heavy atom. The number of nitrogens with one attached hydrogen (secondary N) is 1. The van der Waals surface area contributed by atoms with Crippen LogP contribution >= 0.6 is 12.4 Å². The molecule has 0 saturated heterocycles. The van der Waals surface area contributed by atoms with E-state index >= 15 is 0 Å². The fraction of sp³-hybridized carbons (Fsp3) is 0.0833. The minimum Gasteiger partial charge on any atom is -0.397 e. The first kappa shape index (κ1) is 21.1. The molecule has 2 amide bonds. The maximum Gasteiger partial charge on any atom is 0.255 e. The lowest BCUT2D eigenvalue weighted by atomic mass is 9.95. The highest BCUT2D eigenvalue weighted by atomic mass is 35.5. The standard InChI is InChI=1S/C24H21N3O2.ClH/c1-16-14-27(24(29)20-7-3-2-6-19(16)20)15-17-10-12-18(13-11-17)23(28)26-22-9-5-4-8-21(22)25;/h2-13H,1,14-15,25H2,(H,26,28);1H. The second-order valence-corrected chi connectivity index (χ2v) is 7.05. The highest BCUT2D eigenvalue weighted by molar-refractivity contribution is 6.06. The number of para-hydroxylation sites is 2. The van der Waals surface area contributed by atoms with Crippen LogP contribution in [0.4, 0.5) is 11.4 Å². The average Bonchev–Trinajstić information content (AvgIpc) is 2.74. The molecule has 3 N–H and O–H groups in total. The van der Waals surface area contributed by atoms with Gasteiger partial charge in [0.2, 0.25) is 0 Å². The van der Waals surface area contributed by atoms with E-state index in [1.54, 1.807) is 29.2 Å². The molecule has 0 unspecified atom stereocenters. The van der Waals surface area contributed by atoms with Gasteiger partial charge < -0.3 is 16.0 Å². The number of amides is 2. The number of hydrogen-bond acceptors (Lipinski definition) is 3. The third kappa shape index (κ3) is 4.21. The van der Waals surface area contributed by atoms with Gasteiger partial charge in [-0.15, -0.1) is 12.4 Å². The van der Waals surface area contributed by atoms with Gasteiger partial charge in [0.05, 0.1) is 11.4 Å². The number of carbonyl (C=O) groups excluding carboxylic acids is 2. The van der Waals surface area contributed by atoms with Gasteiger partial charge in [-0.05, 0) is 47.0 Å². The van der Waals surface area contributed by atoms with Crippen molar-refractivity contribution in [2.24, 2.45) is 0 Å². The van der Waals surface area contributed by atoms with Crippen LogP contribution in [-0.2, 0) is 6.54 Å². The van der Waals surface area contributed by atoms with Crippen molar-refractivity contribution in [1.82, 2.24) is 4.90 Å². The Labute approximate surface area is 181 Å². The van der Waals surface area contributed by atoms with Gasteiger partial charge in [0.1, 0.15) is 0 Å². The number of nitrogen functional groups attached to an aromatic ring is 1. The fourth-order valence-corrected chi connectivity index (χ4v) is 3.45. The van der Waals surface area contributed by atoms with Gasteiger partial charge in [-0.2, -0.15) is 0 Å². The molecule has 1 aliphatic rings. The van der Waals surface area contributed by atoms with Gasteiger partial charge >= 0.3 is 0 Å². The molecule has 3 aromatic carbocycles. The van der Waals surface area contributed by atoms with Gasteiger partial charge in [0.15, 0.2) is 0 Å². The molecule has 0 spiro atoms. The van der Waals surface area contributed by atoms with Gasteiger partial charge in [0, 0.05) is 24.2 Å². The van der Waals surface area contributed by atoms with Crippen LogP contribution in [0, 0.1) is 0 Å². The number of anilines is 2. The van der Waals surface area contributed by atoms with Crippen molar-refractivity contribution in [2.75, 3.05) is 17.6 Å². The van der Waals surface area contributed by atoms with E-state index in [1.165, 1.54) is 0 Å². The first-order chi connectivity index (χ1) is 14.0. The molecule has 4 rings (SSSR count). The van der Waals surface area contributed by atoms with Gasteiger partial charge in [-0.1, -0.05) is 49.0 Å². The number of hydrogen-bond donors (Lipinski definition) is 2. The monoisotopic (exact) mass is 419 g/mol. The summed E-state index contributed by atoms with van der Waals surface area (Å²) in [5.41, 5.74) is 11.0. The van der Waals surface area contributed by atoms with Gasteiger partial charge in [0.25, 0.3) is 11.8 Å². The zero-order valence-electron chi connectivity index (χ0n) is 16.3. The molecule has 6 heteroatoms. The summed E-state index contributed by atoms with van der Waals surface area (Å²) in [5, 5.41) is 2.81. The molecule has 0 aliphatic carbocycles. The molecule has 0 atom stereocenters. The summed E-state index contributed by atoms with van der Waals surface area (Å²) in [4.78, 5) is 27.0. The number of rotatable bonds is 4. The summed E-state index contributed by atoms with van der Waals surface area (Å²) in [5.74, 6) is -0.236. The Morgan fingerprint density at radius 2 is 1.60 bits per heavy atom. The smallest absolute Gasteiger partial charge is 0.255 e. The fourth-order valence-electron chi connectivity index (χ4n) is 3.45. The van der Waals surface area contributed by atoms with Crippen LogP contribution in [0.25, 0.3) is 5.57 Å².